The summed E-state index contributed by atoms with van der Waals surface area (Å²) in [6, 6.07) is 6.28. The molecule has 0 bridgehead atoms. The molecule has 0 aliphatic heterocycles. The van der Waals surface area contributed by atoms with Crippen LogP contribution in [0.2, 0.25) is 0 Å². The minimum Gasteiger partial charge on any atom is -0.388 e. The van der Waals surface area contributed by atoms with E-state index in [9.17, 15) is 9.50 Å². The Morgan fingerprint density at radius 1 is 1.00 bits per heavy atom. The Bertz CT molecular complexity index is 338. The van der Waals surface area contributed by atoms with E-state index in [0.29, 0.717) is 5.56 Å². The van der Waals surface area contributed by atoms with Gasteiger partial charge in [0.2, 0.25) is 0 Å². The Morgan fingerprint density at radius 3 is 2.26 bits per heavy atom. The predicted molar refractivity (Wildman–Crippen MR) is 78.6 cm³/mol. The monoisotopic (exact) mass is 266 g/mol. The quantitative estimate of drug-likeness (QED) is 0.563. The first kappa shape index (κ1) is 16.2. The fourth-order valence-corrected chi connectivity index (χ4v) is 2.35. The first-order chi connectivity index (χ1) is 9.24. The maximum atomic E-state index is 13.0. The van der Waals surface area contributed by atoms with E-state index in [1.165, 1.54) is 57.1 Å². The molecule has 1 nitrogen and oxygen atoms in total. The van der Waals surface area contributed by atoms with Gasteiger partial charge in [-0.25, -0.2) is 4.39 Å². The summed E-state index contributed by atoms with van der Waals surface area (Å²) in [5, 5.41) is 9.95. The maximum absolute atomic E-state index is 13.0. The number of unbranched alkanes of at least 4 members (excludes halogenated alkanes) is 7. The third-order valence-electron chi connectivity index (χ3n) is 3.56. The molecule has 1 aromatic rings. The molecule has 0 saturated heterocycles. The van der Waals surface area contributed by atoms with Gasteiger partial charge in [-0.05, 0) is 24.1 Å². The smallest absolute Gasteiger partial charge is 0.123 e. The summed E-state index contributed by atoms with van der Waals surface area (Å²) in [5.41, 5.74) is 0.697. The Balaban J connectivity index is 2.06. The summed E-state index contributed by atoms with van der Waals surface area (Å²) in [5.74, 6) is -0.271. The van der Waals surface area contributed by atoms with Gasteiger partial charge in [-0.3, -0.25) is 0 Å². The van der Waals surface area contributed by atoms with E-state index < -0.39 is 6.10 Å². The average molecular weight is 266 g/mol. The Labute approximate surface area is 116 Å². The fourth-order valence-electron chi connectivity index (χ4n) is 2.35. The lowest BCUT2D eigenvalue weighted by Crippen LogP contribution is -1.97. The third-order valence-corrected chi connectivity index (χ3v) is 3.56. The molecule has 0 fully saturated rings. The highest BCUT2D eigenvalue weighted by Gasteiger charge is 2.07. The maximum Gasteiger partial charge on any atom is 0.123 e. The zero-order chi connectivity index (χ0) is 13.9. The summed E-state index contributed by atoms with van der Waals surface area (Å²) in [4.78, 5) is 0. The van der Waals surface area contributed by atoms with E-state index in [-0.39, 0.29) is 5.82 Å². The van der Waals surface area contributed by atoms with Crippen molar-refractivity contribution in [1.29, 1.82) is 0 Å². The molecule has 1 atom stereocenters. The van der Waals surface area contributed by atoms with Crippen LogP contribution in [0.3, 0.4) is 0 Å². The Kier molecular flexibility index (Phi) is 8.48. The van der Waals surface area contributed by atoms with Crippen LogP contribution in [0.1, 0.15) is 76.4 Å². The number of benzene rings is 1. The fraction of sp³-hybridized carbons (Fsp3) is 0.647. The van der Waals surface area contributed by atoms with E-state index in [4.69, 9.17) is 0 Å². The van der Waals surface area contributed by atoms with Crippen LogP contribution < -0.4 is 0 Å². The highest BCUT2D eigenvalue weighted by Crippen LogP contribution is 2.20. The first-order valence-corrected chi connectivity index (χ1v) is 7.67. The van der Waals surface area contributed by atoms with Gasteiger partial charge in [0.25, 0.3) is 0 Å². The molecule has 0 aromatic heterocycles. The third kappa shape index (κ3) is 7.31. The van der Waals surface area contributed by atoms with E-state index in [1.54, 1.807) is 12.1 Å². The molecular formula is C17H27FO. The van der Waals surface area contributed by atoms with Crippen LogP contribution in [0.4, 0.5) is 4.39 Å². The lowest BCUT2D eigenvalue weighted by atomic mass is 10.0. The standard InChI is InChI=1S/C17H27FO/c1-2-3-4-5-6-7-8-9-13-17(19)15-11-10-12-16(18)14-15/h10-12,14,17,19H,2-9,13H2,1H3. The zero-order valence-electron chi connectivity index (χ0n) is 12.1. The SMILES string of the molecule is CCCCCCCCCCC(O)c1cccc(F)c1. The number of hydrogen-bond acceptors (Lipinski definition) is 1. The van der Waals surface area contributed by atoms with Gasteiger partial charge >= 0.3 is 0 Å². The summed E-state index contributed by atoms with van der Waals surface area (Å²) in [7, 11) is 0. The van der Waals surface area contributed by atoms with Crippen LogP contribution in [0.15, 0.2) is 24.3 Å². The molecule has 1 rings (SSSR count). The van der Waals surface area contributed by atoms with Crippen molar-refractivity contribution < 1.29 is 9.50 Å². The van der Waals surface area contributed by atoms with Gasteiger partial charge < -0.3 is 5.11 Å². The van der Waals surface area contributed by atoms with Crippen LogP contribution >= 0.6 is 0 Å². The van der Waals surface area contributed by atoms with E-state index in [0.717, 1.165) is 12.8 Å². The molecule has 0 aliphatic rings. The number of aliphatic hydroxyl groups excluding tert-OH is 1. The van der Waals surface area contributed by atoms with Gasteiger partial charge in [-0.1, -0.05) is 70.4 Å². The molecule has 108 valence electrons. The molecule has 19 heavy (non-hydrogen) atoms. The van der Waals surface area contributed by atoms with E-state index in [2.05, 4.69) is 6.92 Å². The highest BCUT2D eigenvalue weighted by molar-refractivity contribution is 5.18. The van der Waals surface area contributed by atoms with Gasteiger partial charge in [0.15, 0.2) is 0 Å². The summed E-state index contributed by atoms with van der Waals surface area (Å²) < 4.78 is 13.0. The van der Waals surface area contributed by atoms with E-state index in [1.807, 2.05) is 0 Å². The number of hydrogen-bond donors (Lipinski definition) is 1. The second-order valence-electron chi connectivity index (χ2n) is 5.33. The lowest BCUT2D eigenvalue weighted by Gasteiger charge is -2.10. The van der Waals surface area contributed by atoms with Crippen molar-refractivity contribution in [1.82, 2.24) is 0 Å². The number of halogens is 1. The summed E-state index contributed by atoms with van der Waals surface area (Å²) in [6.45, 7) is 2.23. The van der Waals surface area contributed by atoms with Gasteiger partial charge in [0, 0.05) is 0 Å². The normalized spacial score (nSPS) is 12.6. The highest BCUT2D eigenvalue weighted by atomic mass is 19.1. The summed E-state index contributed by atoms with van der Waals surface area (Å²) >= 11 is 0. The Morgan fingerprint density at radius 2 is 1.63 bits per heavy atom. The van der Waals surface area contributed by atoms with E-state index >= 15 is 0 Å². The second-order valence-corrected chi connectivity index (χ2v) is 5.33. The van der Waals surface area contributed by atoms with Gasteiger partial charge in [-0.2, -0.15) is 0 Å². The molecule has 0 spiro atoms. The van der Waals surface area contributed by atoms with Gasteiger partial charge in [0.05, 0.1) is 6.10 Å². The molecule has 0 radical (unpaired) electrons. The molecule has 0 saturated carbocycles. The van der Waals surface area contributed by atoms with Crippen molar-refractivity contribution in [2.45, 2.75) is 70.8 Å². The molecule has 1 N–H and O–H groups in total. The number of aliphatic hydroxyl groups is 1. The van der Waals surface area contributed by atoms with Gasteiger partial charge in [-0.15, -0.1) is 0 Å². The van der Waals surface area contributed by atoms with Crippen LogP contribution in [0, 0.1) is 5.82 Å². The van der Waals surface area contributed by atoms with Crippen molar-refractivity contribution in [2.75, 3.05) is 0 Å². The molecule has 1 aromatic carbocycles. The molecular weight excluding hydrogens is 239 g/mol. The van der Waals surface area contributed by atoms with Crippen LogP contribution in [0.5, 0.6) is 0 Å². The lowest BCUT2D eigenvalue weighted by molar-refractivity contribution is 0.163. The molecule has 0 aliphatic carbocycles. The van der Waals surface area contributed by atoms with Crippen molar-refractivity contribution in [3.63, 3.8) is 0 Å². The first-order valence-electron chi connectivity index (χ1n) is 7.67. The molecule has 0 amide bonds. The average Bonchev–Trinajstić information content (AvgIpc) is 2.41. The topological polar surface area (TPSA) is 20.2 Å². The van der Waals surface area contributed by atoms with Crippen molar-refractivity contribution in [3.05, 3.63) is 35.6 Å². The van der Waals surface area contributed by atoms with Crippen molar-refractivity contribution in [2.24, 2.45) is 0 Å². The van der Waals surface area contributed by atoms with Gasteiger partial charge in [0.1, 0.15) is 5.82 Å². The van der Waals surface area contributed by atoms with Crippen LogP contribution in [-0.2, 0) is 0 Å². The number of rotatable bonds is 10. The zero-order valence-corrected chi connectivity index (χ0v) is 12.1. The second kappa shape index (κ2) is 9.96. The molecule has 0 heterocycles. The molecule has 2 heteroatoms. The van der Waals surface area contributed by atoms with Crippen molar-refractivity contribution >= 4 is 0 Å². The minimum atomic E-state index is -0.518. The molecule has 1 unspecified atom stereocenters. The van der Waals surface area contributed by atoms with Crippen LogP contribution in [-0.4, -0.2) is 5.11 Å². The minimum absolute atomic E-state index is 0.271. The largest absolute Gasteiger partial charge is 0.388 e. The van der Waals surface area contributed by atoms with Crippen LogP contribution in [0.25, 0.3) is 0 Å². The van der Waals surface area contributed by atoms with Crippen molar-refractivity contribution in [3.8, 4) is 0 Å². The summed E-state index contributed by atoms with van der Waals surface area (Å²) in [6.07, 6.45) is 10.3. The predicted octanol–water partition coefficient (Wildman–Crippen LogP) is 5.39. The Hall–Kier alpha value is -0.890.